The monoisotopic (exact) mass is 332 g/mol. The van der Waals surface area contributed by atoms with E-state index in [1.54, 1.807) is 29.1 Å². The summed E-state index contributed by atoms with van der Waals surface area (Å²) >= 11 is 0. The molecule has 2 fully saturated rings. The number of pyridine rings is 1. The third-order valence-corrected chi connectivity index (χ3v) is 4.56. The highest BCUT2D eigenvalue weighted by Gasteiger charge is 2.23. The van der Waals surface area contributed by atoms with Gasteiger partial charge in [0.15, 0.2) is 0 Å². The van der Waals surface area contributed by atoms with Crippen molar-refractivity contribution in [3.05, 3.63) is 24.0 Å². The molecule has 0 aliphatic carbocycles. The SMILES string of the molecule is CC(=O)N1CCN(C(=O)c2cncc(NCC3CCCO3)c2)CC1. The predicted molar refractivity (Wildman–Crippen MR) is 89.9 cm³/mol. The van der Waals surface area contributed by atoms with Crippen LogP contribution in [0.2, 0.25) is 0 Å². The summed E-state index contributed by atoms with van der Waals surface area (Å²) < 4.78 is 5.59. The highest BCUT2D eigenvalue weighted by atomic mass is 16.5. The van der Waals surface area contributed by atoms with Crippen molar-refractivity contribution in [2.24, 2.45) is 0 Å². The van der Waals surface area contributed by atoms with E-state index < -0.39 is 0 Å². The fourth-order valence-electron chi connectivity index (χ4n) is 3.10. The minimum atomic E-state index is -0.0357. The zero-order valence-corrected chi connectivity index (χ0v) is 14.0. The van der Waals surface area contributed by atoms with Gasteiger partial charge in [-0.1, -0.05) is 0 Å². The number of aromatic nitrogens is 1. The topological polar surface area (TPSA) is 74.8 Å². The second-order valence-corrected chi connectivity index (χ2v) is 6.28. The molecule has 1 atom stereocenters. The molecule has 24 heavy (non-hydrogen) atoms. The summed E-state index contributed by atoms with van der Waals surface area (Å²) in [6, 6.07) is 1.83. The minimum Gasteiger partial charge on any atom is -0.381 e. The van der Waals surface area contributed by atoms with E-state index >= 15 is 0 Å². The van der Waals surface area contributed by atoms with Gasteiger partial charge in [0.1, 0.15) is 0 Å². The van der Waals surface area contributed by atoms with Crippen LogP contribution >= 0.6 is 0 Å². The van der Waals surface area contributed by atoms with E-state index in [9.17, 15) is 9.59 Å². The number of carbonyl (C=O) groups excluding carboxylic acids is 2. The molecule has 0 spiro atoms. The average molecular weight is 332 g/mol. The molecule has 0 aromatic carbocycles. The van der Waals surface area contributed by atoms with Crippen LogP contribution in [0, 0.1) is 0 Å². The molecule has 2 aliphatic rings. The third kappa shape index (κ3) is 4.03. The number of nitrogens with zero attached hydrogens (tertiary/aromatic N) is 3. The molecular formula is C17H24N4O3. The van der Waals surface area contributed by atoms with Gasteiger partial charge in [0, 0.05) is 58.6 Å². The summed E-state index contributed by atoms with van der Waals surface area (Å²) in [4.78, 5) is 31.7. The Hall–Kier alpha value is -2.15. The lowest BCUT2D eigenvalue weighted by molar-refractivity contribution is -0.130. The first-order valence-corrected chi connectivity index (χ1v) is 8.49. The fraction of sp³-hybridized carbons (Fsp3) is 0.588. The van der Waals surface area contributed by atoms with Crippen LogP contribution in [0.25, 0.3) is 0 Å². The van der Waals surface area contributed by atoms with E-state index in [0.717, 1.165) is 31.7 Å². The summed E-state index contributed by atoms with van der Waals surface area (Å²) in [5, 5.41) is 3.30. The van der Waals surface area contributed by atoms with Crippen LogP contribution in [0.1, 0.15) is 30.1 Å². The van der Waals surface area contributed by atoms with Crippen molar-refractivity contribution in [2.75, 3.05) is 44.6 Å². The number of nitrogens with one attached hydrogen (secondary N) is 1. The van der Waals surface area contributed by atoms with Gasteiger partial charge < -0.3 is 19.9 Å². The first kappa shape index (κ1) is 16.7. The molecule has 1 aromatic rings. The van der Waals surface area contributed by atoms with Crippen molar-refractivity contribution in [3.63, 3.8) is 0 Å². The molecule has 7 heteroatoms. The van der Waals surface area contributed by atoms with Crippen molar-refractivity contribution in [3.8, 4) is 0 Å². The number of rotatable bonds is 4. The van der Waals surface area contributed by atoms with Crippen LogP contribution in [0.15, 0.2) is 18.5 Å². The van der Waals surface area contributed by atoms with E-state index in [1.807, 2.05) is 6.07 Å². The molecule has 2 saturated heterocycles. The average Bonchev–Trinajstić information content (AvgIpc) is 3.13. The lowest BCUT2D eigenvalue weighted by Gasteiger charge is -2.34. The van der Waals surface area contributed by atoms with Gasteiger partial charge in [-0.05, 0) is 18.9 Å². The van der Waals surface area contributed by atoms with Gasteiger partial charge in [-0.2, -0.15) is 0 Å². The number of ether oxygens (including phenoxy) is 1. The molecule has 3 heterocycles. The minimum absolute atomic E-state index is 0.0357. The molecule has 1 unspecified atom stereocenters. The van der Waals surface area contributed by atoms with Crippen LogP contribution in [-0.2, 0) is 9.53 Å². The Labute approximate surface area is 142 Å². The van der Waals surface area contributed by atoms with E-state index in [1.165, 1.54) is 0 Å². The zero-order valence-electron chi connectivity index (χ0n) is 14.0. The number of carbonyl (C=O) groups is 2. The normalized spacial score (nSPS) is 21.0. The van der Waals surface area contributed by atoms with Gasteiger partial charge in [0.2, 0.25) is 5.91 Å². The van der Waals surface area contributed by atoms with Gasteiger partial charge >= 0.3 is 0 Å². The van der Waals surface area contributed by atoms with E-state index in [0.29, 0.717) is 31.7 Å². The molecule has 0 bridgehead atoms. The van der Waals surface area contributed by atoms with Crippen molar-refractivity contribution < 1.29 is 14.3 Å². The molecule has 0 radical (unpaired) electrons. The smallest absolute Gasteiger partial charge is 0.255 e. The van der Waals surface area contributed by atoms with Crippen LogP contribution < -0.4 is 5.32 Å². The predicted octanol–water partition coefficient (Wildman–Crippen LogP) is 0.977. The van der Waals surface area contributed by atoms with Crippen molar-refractivity contribution in [1.82, 2.24) is 14.8 Å². The number of anilines is 1. The molecule has 2 amide bonds. The van der Waals surface area contributed by atoms with Gasteiger partial charge in [0.05, 0.1) is 17.4 Å². The molecule has 1 aromatic heterocycles. The number of amides is 2. The summed E-state index contributed by atoms with van der Waals surface area (Å²) in [5.41, 5.74) is 1.40. The lowest BCUT2D eigenvalue weighted by atomic mass is 10.2. The highest BCUT2D eigenvalue weighted by Crippen LogP contribution is 2.16. The summed E-state index contributed by atoms with van der Waals surface area (Å²) in [7, 11) is 0. The number of hydrogen-bond donors (Lipinski definition) is 1. The van der Waals surface area contributed by atoms with Crippen LogP contribution in [-0.4, -0.2) is 72.0 Å². The van der Waals surface area contributed by atoms with Gasteiger partial charge in [-0.15, -0.1) is 0 Å². The number of hydrogen-bond acceptors (Lipinski definition) is 5. The van der Waals surface area contributed by atoms with E-state index in [4.69, 9.17) is 4.74 Å². The van der Waals surface area contributed by atoms with Crippen LogP contribution in [0.3, 0.4) is 0 Å². The Morgan fingerprint density at radius 2 is 2.00 bits per heavy atom. The third-order valence-electron chi connectivity index (χ3n) is 4.56. The first-order valence-electron chi connectivity index (χ1n) is 8.49. The molecule has 1 N–H and O–H groups in total. The fourth-order valence-corrected chi connectivity index (χ4v) is 3.10. The maximum Gasteiger partial charge on any atom is 0.255 e. The summed E-state index contributed by atoms with van der Waals surface area (Å²) in [6.07, 6.45) is 5.73. The first-order chi connectivity index (χ1) is 11.6. The Morgan fingerprint density at radius 1 is 1.25 bits per heavy atom. The lowest BCUT2D eigenvalue weighted by Crippen LogP contribution is -2.50. The Kier molecular flexibility index (Phi) is 5.30. The van der Waals surface area contributed by atoms with Crippen LogP contribution in [0.4, 0.5) is 5.69 Å². The zero-order chi connectivity index (χ0) is 16.9. The molecule has 130 valence electrons. The quantitative estimate of drug-likeness (QED) is 0.889. The standard InChI is InChI=1S/C17H24N4O3/c1-13(22)20-4-6-21(7-5-20)17(23)14-9-15(11-18-10-14)19-12-16-3-2-8-24-16/h9-11,16,19H,2-8,12H2,1H3. The molecule has 0 saturated carbocycles. The Balaban J connectivity index is 1.56. The Bertz CT molecular complexity index is 593. The second-order valence-electron chi connectivity index (χ2n) is 6.28. The van der Waals surface area contributed by atoms with E-state index in [2.05, 4.69) is 10.3 Å². The van der Waals surface area contributed by atoms with Crippen LogP contribution in [0.5, 0.6) is 0 Å². The van der Waals surface area contributed by atoms with Gasteiger partial charge in [0.25, 0.3) is 5.91 Å². The molecular weight excluding hydrogens is 308 g/mol. The molecule has 7 nitrogen and oxygen atoms in total. The molecule has 3 rings (SSSR count). The maximum atomic E-state index is 12.6. The summed E-state index contributed by atoms with van der Waals surface area (Å²) in [6.45, 7) is 5.42. The maximum absolute atomic E-state index is 12.6. The van der Waals surface area contributed by atoms with Gasteiger partial charge in [-0.25, -0.2) is 0 Å². The second kappa shape index (κ2) is 7.61. The van der Waals surface area contributed by atoms with E-state index in [-0.39, 0.29) is 17.9 Å². The molecule has 2 aliphatic heterocycles. The number of piperazine rings is 1. The largest absolute Gasteiger partial charge is 0.381 e. The summed E-state index contributed by atoms with van der Waals surface area (Å²) in [5.74, 6) is 0.0237. The Morgan fingerprint density at radius 3 is 2.67 bits per heavy atom. The van der Waals surface area contributed by atoms with Crippen molar-refractivity contribution in [1.29, 1.82) is 0 Å². The van der Waals surface area contributed by atoms with Crippen molar-refractivity contribution in [2.45, 2.75) is 25.9 Å². The highest BCUT2D eigenvalue weighted by molar-refractivity contribution is 5.95. The van der Waals surface area contributed by atoms with Gasteiger partial charge in [-0.3, -0.25) is 14.6 Å². The van der Waals surface area contributed by atoms with Crippen molar-refractivity contribution >= 4 is 17.5 Å².